The number of fused-ring (bicyclic) bond motifs is 1. The highest BCUT2D eigenvalue weighted by Gasteiger charge is 2.48. The molecular weight excluding hydrogens is 480 g/mol. The molecule has 0 saturated carbocycles. The highest BCUT2D eigenvalue weighted by Crippen LogP contribution is 2.43. The van der Waals surface area contributed by atoms with Crippen LogP contribution in [0.5, 0.6) is 5.75 Å². The van der Waals surface area contributed by atoms with Crippen molar-refractivity contribution in [3.63, 3.8) is 0 Å². The van der Waals surface area contributed by atoms with Crippen LogP contribution in [0.3, 0.4) is 0 Å². The van der Waals surface area contributed by atoms with Crippen LogP contribution in [0, 0.1) is 0 Å². The number of aromatic nitrogens is 1. The maximum absolute atomic E-state index is 13.1. The van der Waals surface area contributed by atoms with E-state index in [1.54, 1.807) is 23.7 Å². The molecule has 0 bridgehead atoms. The predicted molar refractivity (Wildman–Crippen MR) is 121 cm³/mol. The first-order chi connectivity index (χ1) is 14.9. The Labute approximate surface area is 190 Å². The number of carbonyl (C=O) groups is 2. The van der Waals surface area contributed by atoms with Crippen molar-refractivity contribution in [2.45, 2.75) is 25.5 Å². The summed E-state index contributed by atoms with van der Waals surface area (Å²) >= 11 is 4.72. The van der Waals surface area contributed by atoms with Crippen LogP contribution in [0.15, 0.2) is 64.1 Å². The zero-order chi connectivity index (χ0) is 21.7. The topological polar surface area (TPSA) is 79.7 Å². The molecule has 0 unspecified atom stereocenters. The lowest BCUT2D eigenvalue weighted by atomic mass is 9.94. The highest BCUT2D eigenvalue weighted by atomic mass is 79.9. The number of benzene rings is 2. The Morgan fingerprint density at radius 2 is 2.10 bits per heavy atom. The largest absolute Gasteiger partial charge is 0.507 e. The number of Topliss-reactive ketones (excluding diaryl/α,β-unsaturated/α-hetero) is 1. The quantitative estimate of drug-likeness (QED) is 0.318. The third-order valence-electron chi connectivity index (χ3n) is 5.40. The second-order valence-corrected chi connectivity index (χ2v) is 9.28. The molecular formula is C23H17BrN2O4S. The summed E-state index contributed by atoms with van der Waals surface area (Å²) in [6.45, 7) is 1.98. The van der Waals surface area contributed by atoms with Crippen LogP contribution < -0.4 is 9.64 Å². The Kier molecular flexibility index (Phi) is 4.91. The number of halogens is 1. The lowest BCUT2D eigenvalue weighted by Gasteiger charge is -2.23. The molecule has 6 nitrogen and oxygen atoms in total. The minimum Gasteiger partial charge on any atom is -0.507 e. The molecule has 0 spiro atoms. The van der Waals surface area contributed by atoms with Crippen molar-refractivity contribution in [2.24, 2.45) is 0 Å². The second-order valence-electron chi connectivity index (χ2n) is 7.49. The van der Waals surface area contributed by atoms with E-state index in [0.717, 1.165) is 22.2 Å². The molecule has 156 valence electrons. The average Bonchev–Trinajstić information content (AvgIpc) is 3.45. The van der Waals surface area contributed by atoms with Gasteiger partial charge in [-0.05, 0) is 48.4 Å². The number of thiazole rings is 1. The summed E-state index contributed by atoms with van der Waals surface area (Å²) in [5, 5.41) is 13.4. The third-order valence-corrected chi connectivity index (χ3v) is 6.67. The Bertz CT molecular complexity index is 1240. The van der Waals surface area contributed by atoms with Gasteiger partial charge in [-0.15, -0.1) is 11.3 Å². The first kappa shape index (κ1) is 20.0. The van der Waals surface area contributed by atoms with Crippen molar-refractivity contribution in [3.05, 3.63) is 80.8 Å². The van der Waals surface area contributed by atoms with Crippen LogP contribution in [0.25, 0.3) is 5.76 Å². The number of anilines is 1. The van der Waals surface area contributed by atoms with E-state index in [1.165, 1.54) is 16.2 Å². The van der Waals surface area contributed by atoms with E-state index < -0.39 is 17.7 Å². The van der Waals surface area contributed by atoms with Gasteiger partial charge < -0.3 is 9.84 Å². The predicted octanol–water partition coefficient (Wildman–Crippen LogP) is 4.86. The molecule has 3 heterocycles. The van der Waals surface area contributed by atoms with Gasteiger partial charge in [-0.25, -0.2) is 4.98 Å². The van der Waals surface area contributed by atoms with E-state index in [2.05, 4.69) is 20.9 Å². The first-order valence-electron chi connectivity index (χ1n) is 9.70. The normalized spacial score (nSPS) is 21.9. The number of aliphatic hydroxyl groups excluding tert-OH is 1. The number of aliphatic hydroxyl groups is 1. The van der Waals surface area contributed by atoms with Gasteiger partial charge in [0.05, 0.1) is 11.6 Å². The molecule has 5 rings (SSSR count). The Morgan fingerprint density at radius 1 is 1.26 bits per heavy atom. The average molecular weight is 497 g/mol. The fourth-order valence-corrected chi connectivity index (χ4v) is 5.17. The van der Waals surface area contributed by atoms with Crippen LogP contribution >= 0.6 is 27.3 Å². The van der Waals surface area contributed by atoms with Gasteiger partial charge in [-0.2, -0.15) is 0 Å². The number of nitrogens with zero attached hydrogens (tertiary/aromatic N) is 2. The summed E-state index contributed by atoms with van der Waals surface area (Å²) in [4.78, 5) is 31.7. The SMILES string of the molecule is C[C@H]1Cc2cc(C(O)=C3C(=O)C(=O)N(c4nccs4)[C@@H]3c3cccc(Br)c3)ccc2O1. The van der Waals surface area contributed by atoms with Crippen molar-refractivity contribution >= 4 is 49.8 Å². The molecule has 0 radical (unpaired) electrons. The zero-order valence-corrected chi connectivity index (χ0v) is 18.8. The van der Waals surface area contributed by atoms with Crippen molar-refractivity contribution < 1.29 is 19.4 Å². The van der Waals surface area contributed by atoms with Gasteiger partial charge in [-0.3, -0.25) is 14.5 Å². The lowest BCUT2D eigenvalue weighted by Crippen LogP contribution is -2.29. The van der Waals surface area contributed by atoms with Crippen LogP contribution in [0.4, 0.5) is 5.13 Å². The van der Waals surface area contributed by atoms with Crippen molar-refractivity contribution in [3.8, 4) is 5.75 Å². The van der Waals surface area contributed by atoms with Gasteiger partial charge in [0.1, 0.15) is 17.6 Å². The van der Waals surface area contributed by atoms with Crippen LogP contribution in [0.2, 0.25) is 0 Å². The number of hydrogen-bond donors (Lipinski definition) is 1. The number of carbonyl (C=O) groups excluding carboxylic acids is 2. The second kappa shape index (κ2) is 7.62. The van der Waals surface area contributed by atoms with Gasteiger partial charge in [0.25, 0.3) is 5.78 Å². The summed E-state index contributed by atoms with van der Waals surface area (Å²) in [6, 6.07) is 11.9. The van der Waals surface area contributed by atoms with Gasteiger partial charge in [0.2, 0.25) is 0 Å². The molecule has 3 aromatic rings. The maximum Gasteiger partial charge on any atom is 0.301 e. The lowest BCUT2D eigenvalue weighted by molar-refractivity contribution is -0.132. The molecule has 1 N–H and O–H groups in total. The van der Waals surface area contributed by atoms with Crippen molar-refractivity contribution in [1.29, 1.82) is 0 Å². The minimum absolute atomic E-state index is 0.0465. The molecule has 1 aromatic heterocycles. The van der Waals surface area contributed by atoms with Gasteiger partial charge in [-0.1, -0.05) is 28.1 Å². The van der Waals surface area contributed by atoms with Crippen LogP contribution in [-0.4, -0.2) is 27.9 Å². The van der Waals surface area contributed by atoms with E-state index in [-0.39, 0.29) is 17.4 Å². The van der Waals surface area contributed by atoms with E-state index in [9.17, 15) is 14.7 Å². The molecule has 2 aliphatic heterocycles. The zero-order valence-electron chi connectivity index (χ0n) is 16.4. The van der Waals surface area contributed by atoms with E-state index in [0.29, 0.717) is 16.3 Å². The Balaban J connectivity index is 1.69. The summed E-state index contributed by atoms with van der Waals surface area (Å²) in [7, 11) is 0. The van der Waals surface area contributed by atoms with Gasteiger partial charge >= 0.3 is 5.91 Å². The summed E-state index contributed by atoms with van der Waals surface area (Å²) < 4.78 is 6.54. The first-order valence-corrected chi connectivity index (χ1v) is 11.4. The van der Waals surface area contributed by atoms with E-state index in [4.69, 9.17) is 4.74 Å². The highest BCUT2D eigenvalue weighted by molar-refractivity contribution is 9.10. The van der Waals surface area contributed by atoms with Crippen molar-refractivity contribution in [2.75, 3.05) is 4.90 Å². The fraction of sp³-hybridized carbons (Fsp3) is 0.174. The van der Waals surface area contributed by atoms with Crippen LogP contribution in [-0.2, 0) is 16.0 Å². The fourth-order valence-electron chi connectivity index (χ4n) is 4.08. The minimum atomic E-state index is -0.785. The van der Waals surface area contributed by atoms with E-state index in [1.807, 2.05) is 37.3 Å². The Morgan fingerprint density at radius 3 is 2.84 bits per heavy atom. The molecule has 31 heavy (non-hydrogen) atoms. The molecule has 1 saturated heterocycles. The Hall–Kier alpha value is -2.97. The molecule has 2 aromatic carbocycles. The molecule has 2 atom stereocenters. The van der Waals surface area contributed by atoms with Crippen LogP contribution in [0.1, 0.15) is 29.7 Å². The number of ketones is 1. The van der Waals surface area contributed by atoms with E-state index >= 15 is 0 Å². The smallest absolute Gasteiger partial charge is 0.301 e. The van der Waals surface area contributed by atoms with Gasteiger partial charge in [0, 0.05) is 28.0 Å². The number of ether oxygens (including phenoxy) is 1. The molecule has 0 aliphatic carbocycles. The molecule has 8 heteroatoms. The third kappa shape index (κ3) is 3.36. The van der Waals surface area contributed by atoms with Crippen molar-refractivity contribution in [1.82, 2.24) is 4.98 Å². The summed E-state index contributed by atoms with van der Waals surface area (Å²) in [5.41, 5.74) is 2.19. The molecule has 2 aliphatic rings. The van der Waals surface area contributed by atoms with Gasteiger partial charge in [0.15, 0.2) is 5.13 Å². The standard InChI is InChI=1S/C23H17BrN2O4S/c1-12-9-15-10-14(5-6-17(15)30-12)20(27)18-19(13-3-2-4-16(24)11-13)26(22(29)21(18)28)23-25-7-8-31-23/h2-8,10-12,19,27H,9H2,1H3/t12-,19+/m0/s1. The number of rotatable bonds is 3. The number of hydrogen-bond acceptors (Lipinski definition) is 6. The maximum atomic E-state index is 13.1. The summed E-state index contributed by atoms with van der Waals surface area (Å²) in [5.74, 6) is -0.872. The monoisotopic (exact) mass is 496 g/mol. The summed E-state index contributed by atoms with van der Waals surface area (Å²) in [6.07, 6.45) is 2.36. The molecule has 1 fully saturated rings. The number of amides is 1. The molecule has 1 amide bonds.